The van der Waals surface area contributed by atoms with Gasteiger partial charge in [-0.05, 0) is 31.6 Å². The van der Waals surface area contributed by atoms with E-state index in [2.05, 4.69) is 6.92 Å². The summed E-state index contributed by atoms with van der Waals surface area (Å²) in [7, 11) is -4.17. The molecule has 0 aromatic rings. The van der Waals surface area contributed by atoms with Gasteiger partial charge in [0.2, 0.25) is 0 Å². The average Bonchev–Trinajstić information content (AvgIpc) is 2.00. The first-order valence-electron chi connectivity index (χ1n) is 5.03. The summed E-state index contributed by atoms with van der Waals surface area (Å²) in [4.78, 5) is 0. The fraction of sp³-hybridized carbons (Fsp3) is 1.00. The number of hydrogen-bond donors (Lipinski definition) is 0. The second-order valence-electron chi connectivity index (χ2n) is 4.54. The topological polar surface area (TPSA) is 66.4 Å². The van der Waals surface area contributed by atoms with Gasteiger partial charge in [0, 0.05) is 0 Å². The van der Waals surface area contributed by atoms with Crippen LogP contribution in [0.25, 0.3) is 0 Å². The maximum atomic E-state index is 10.9. The zero-order valence-corrected chi connectivity index (χ0v) is 12.0. The minimum absolute atomic E-state index is 0. The third-order valence-corrected chi connectivity index (χ3v) is 4.84. The molecule has 4 nitrogen and oxygen atoms in total. The Morgan fingerprint density at radius 2 is 1.87 bits per heavy atom. The van der Waals surface area contributed by atoms with E-state index in [0.29, 0.717) is 5.92 Å². The van der Waals surface area contributed by atoms with Gasteiger partial charge in [0.15, 0.2) is 0 Å². The Bertz CT molecular complexity index is 319. The standard InChI is InChI=1S/C9H16O4S.Na/c1-7-2-4-9(5-3-7)8(6-13-9)14(10,11)12;/h7-8H,2-6H2,1H3,(H,10,11,12);/q;+1/p-1. The average molecular weight is 242 g/mol. The van der Waals surface area contributed by atoms with Gasteiger partial charge >= 0.3 is 29.6 Å². The van der Waals surface area contributed by atoms with Crippen LogP contribution < -0.4 is 29.6 Å². The van der Waals surface area contributed by atoms with Crippen molar-refractivity contribution in [2.24, 2.45) is 5.92 Å². The molecule has 1 saturated heterocycles. The van der Waals surface area contributed by atoms with Crippen LogP contribution in [-0.2, 0) is 14.9 Å². The van der Waals surface area contributed by atoms with Crippen LogP contribution in [0.3, 0.4) is 0 Å². The van der Waals surface area contributed by atoms with Crippen LogP contribution in [0.2, 0.25) is 0 Å². The van der Waals surface area contributed by atoms with Crippen molar-refractivity contribution in [2.45, 2.75) is 43.5 Å². The van der Waals surface area contributed by atoms with Crippen LogP contribution in [0.1, 0.15) is 32.6 Å². The minimum atomic E-state index is -4.17. The molecule has 1 heterocycles. The molecule has 1 atom stereocenters. The molecule has 2 rings (SSSR count). The molecule has 6 heteroatoms. The van der Waals surface area contributed by atoms with E-state index in [1.54, 1.807) is 0 Å². The predicted molar refractivity (Wildman–Crippen MR) is 49.8 cm³/mol. The molecule has 1 spiro atoms. The Balaban J connectivity index is 0.00000112. The molecule has 0 aromatic heterocycles. The van der Waals surface area contributed by atoms with Crippen LogP contribution in [0.5, 0.6) is 0 Å². The van der Waals surface area contributed by atoms with Crippen molar-refractivity contribution >= 4 is 10.1 Å². The maximum Gasteiger partial charge on any atom is 1.00 e. The molecule has 1 unspecified atom stereocenters. The zero-order valence-electron chi connectivity index (χ0n) is 9.23. The molecule has 1 saturated carbocycles. The molecule has 15 heavy (non-hydrogen) atoms. The Morgan fingerprint density at radius 1 is 1.33 bits per heavy atom. The molecule has 1 aliphatic carbocycles. The number of ether oxygens (including phenoxy) is 1. The second-order valence-corrected chi connectivity index (χ2v) is 6.09. The molecule has 0 amide bonds. The molecule has 0 N–H and O–H groups in total. The Morgan fingerprint density at radius 3 is 2.20 bits per heavy atom. The van der Waals surface area contributed by atoms with Crippen molar-refractivity contribution in [3.63, 3.8) is 0 Å². The Kier molecular flexibility index (Phi) is 4.30. The van der Waals surface area contributed by atoms with Crippen LogP contribution in [0.15, 0.2) is 0 Å². The summed E-state index contributed by atoms with van der Waals surface area (Å²) in [5.41, 5.74) is -0.618. The summed E-state index contributed by atoms with van der Waals surface area (Å²) in [6.07, 6.45) is 3.37. The number of rotatable bonds is 1. The Hall–Kier alpha value is 0.870. The molecule has 0 radical (unpaired) electrons. The van der Waals surface area contributed by atoms with Crippen molar-refractivity contribution in [3.05, 3.63) is 0 Å². The van der Waals surface area contributed by atoms with Gasteiger partial charge in [0.1, 0.15) is 15.4 Å². The van der Waals surface area contributed by atoms with Crippen LogP contribution in [-0.4, -0.2) is 30.4 Å². The van der Waals surface area contributed by atoms with Crippen LogP contribution >= 0.6 is 0 Å². The monoisotopic (exact) mass is 242 g/mol. The molecule has 1 aliphatic heterocycles. The molecular formula is C9H15NaO4S. The van der Waals surface area contributed by atoms with E-state index in [4.69, 9.17) is 4.74 Å². The van der Waals surface area contributed by atoms with E-state index in [0.717, 1.165) is 25.7 Å². The van der Waals surface area contributed by atoms with Crippen molar-refractivity contribution in [1.82, 2.24) is 0 Å². The van der Waals surface area contributed by atoms with Gasteiger partial charge in [-0.3, -0.25) is 0 Å². The van der Waals surface area contributed by atoms with Crippen molar-refractivity contribution in [2.75, 3.05) is 6.61 Å². The van der Waals surface area contributed by atoms with Crippen molar-refractivity contribution in [3.8, 4) is 0 Å². The first kappa shape index (κ1) is 13.9. The van der Waals surface area contributed by atoms with Gasteiger partial charge in [-0.1, -0.05) is 6.92 Å². The van der Waals surface area contributed by atoms with Gasteiger partial charge in [-0.2, -0.15) is 0 Å². The summed E-state index contributed by atoms with van der Waals surface area (Å²) in [5.74, 6) is 0.625. The summed E-state index contributed by atoms with van der Waals surface area (Å²) < 4.78 is 38.2. The smallest absolute Gasteiger partial charge is 0.748 e. The summed E-state index contributed by atoms with van der Waals surface area (Å²) in [6, 6.07) is 0. The largest absolute Gasteiger partial charge is 1.00 e. The second kappa shape index (κ2) is 4.63. The quantitative estimate of drug-likeness (QED) is 0.390. The van der Waals surface area contributed by atoms with Gasteiger partial charge in [0.25, 0.3) is 0 Å². The fourth-order valence-electron chi connectivity index (χ4n) is 2.45. The van der Waals surface area contributed by atoms with Gasteiger partial charge in [0.05, 0.1) is 12.2 Å². The van der Waals surface area contributed by atoms with Crippen LogP contribution in [0, 0.1) is 5.92 Å². The molecule has 0 bridgehead atoms. The van der Waals surface area contributed by atoms with E-state index < -0.39 is 21.0 Å². The molecule has 82 valence electrons. The Labute approximate surface area is 113 Å². The third kappa shape index (κ3) is 2.58. The van der Waals surface area contributed by atoms with E-state index in [-0.39, 0.29) is 36.2 Å². The van der Waals surface area contributed by atoms with E-state index in [1.165, 1.54) is 0 Å². The van der Waals surface area contributed by atoms with Crippen LogP contribution in [0.4, 0.5) is 0 Å². The summed E-state index contributed by atoms with van der Waals surface area (Å²) in [5, 5.41) is -0.789. The fourth-order valence-corrected chi connectivity index (χ4v) is 3.52. The first-order chi connectivity index (χ1) is 6.44. The van der Waals surface area contributed by atoms with Gasteiger partial charge in [-0.25, -0.2) is 8.42 Å². The third-order valence-electron chi connectivity index (χ3n) is 3.58. The van der Waals surface area contributed by atoms with E-state index in [9.17, 15) is 13.0 Å². The molecule has 0 aromatic carbocycles. The van der Waals surface area contributed by atoms with E-state index >= 15 is 0 Å². The van der Waals surface area contributed by atoms with E-state index in [1.807, 2.05) is 0 Å². The predicted octanol–water partition coefficient (Wildman–Crippen LogP) is -2.12. The van der Waals surface area contributed by atoms with Crippen molar-refractivity contribution in [1.29, 1.82) is 0 Å². The van der Waals surface area contributed by atoms with Crippen molar-refractivity contribution < 1.29 is 47.3 Å². The summed E-state index contributed by atoms with van der Waals surface area (Å²) >= 11 is 0. The molecular weight excluding hydrogens is 227 g/mol. The molecule has 2 fully saturated rings. The van der Waals surface area contributed by atoms with Gasteiger partial charge < -0.3 is 9.29 Å². The molecule has 2 aliphatic rings. The van der Waals surface area contributed by atoms with Gasteiger partial charge in [-0.15, -0.1) is 0 Å². The normalized spacial score (nSPS) is 40.7. The first-order valence-corrected chi connectivity index (χ1v) is 6.50. The maximum absolute atomic E-state index is 10.9. The summed E-state index contributed by atoms with van der Waals surface area (Å²) in [6.45, 7) is 2.24. The minimum Gasteiger partial charge on any atom is -0.748 e. The SMILES string of the molecule is CC1CCC2(CC1)OCC2S(=O)(=O)[O-].[Na+]. The number of hydrogen-bond acceptors (Lipinski definition) is 4. The zero-order chi connectivity index (χ0) is 10.4.